The highest BCUT2D eigenvalue weighted by Gasteiger charge is 2.34. The smallest absolute Gasteiger partial charge is 0.296 e. The Bertz CT molecular complexity index is 964. The molecule has 12 heteroatoms. The van der Waals surface area contributed by atoms with E-state index >= 15 is 0 Å². The van der Waals surface area contributed by atoms with Gasteiger partial charge in [0.25, 0.3) is 16.0 Å². The van der Waals surface area contributed by atoms with Gasteiger partial charge in [-0.2, -0.15) is 8.42 Å². The number of amides is 1. The fourth-order valence-electron chi connectivity index (χ4n) is 2.86. The van der Waals surface area contributed by atoms with E-state index in [0.29, 0.717) is 4.91 Å². The lowest BCUT2D eigenvalue weighted by molar-refractivity contribution is -0.112. The first-order chi connectivity index (χ1) is 12.7. The van der Waals surface area contributed by atoms with Crippen LogP contribution in [0.1, 0.15) is 26.2 Å². The van der Waals surface area contributed by atoms with Gasteiger partial charge < -0.3 is 10.2 Å². The Labute approximate surface area is 183 Å². The molecule has 0 radical (unpaired) electrons. The average Bonchev–Trinajstić information content (AvgIpc) is 2.96. The lowest BCUT2D eigenvalue weighted by Crippen LogP contribution is -2.29. The first-order valence-electron chi connectivity index (χ1n) is 8.23. The van der Waals surface area contributed by atoms with E-state index in [0.717, 1.165) is 49.3 Å². The second-order valence-electron chi connectivity index (χ2n) is 5.99. The van der Waals surface area contributed by atoms with Crippen LogP contribution < -0.4 is 5.32 Å². The molecule has 0 atom stereocenters. The minimum absolute atomic E-state index is 0. The number of rotatable bonds is 5. The van der Waals surface area contributed by atoms with Crippen molar-refractivity contribution < 1.29 is 17.8 Å². The van der Waals surface area contributed by atoms with E-state index in [1.807, 2.05) is 6.92 Å². The second kappa shape index (κ2) is 9.23. The van der Waals surface area contributed by atoms with E-state index in [2.05, 4.69) is 15.2 Å². The highest BCUT2D eigenvalue weighted by atomic mass is 35.5. The lowest BCUT2D eigenvalue weighted by Gasteiger charge is -2.25. The third kappa shape index (κ3) is 4.77. The summed E-state index contributed by atoms with van der Waals surface area (Å²) in [6.07, 6.45) is 2.56. The summed E-state index contributed by atoms with van der Waals surface area (Å²) in [6, 6.07) is 2.21. The third-order valence-electron chi connectivity index (χ3n) is 4.04. The van der Waals surface area contributed by atoms with Crippen LogP contribution in [0.3, 0.4) is 0 Å². The van der Waals surface area contributed by atoms with Crippen molar-refractivity contribution in [2.24, 2.45) is 4.99 Å². The molecular weight excluding hydrogens is 469 g/mol. The summed E-state index contributed by atoms with van der Waals surface area (Å²) in [6.45, 7) is 3.61. The zero-order valence-corrected chi connectivity index (χ0v) is 18.7. The maximum absolute atomic E-state index is 12.8. The van der Waals surface area contributed by atoms with Gasteiger partial charge in [-0.3, -0.25) is 14.3 Å². The Kier molecular flexibility index (Phi) is 7.69. The van der Waals surface area contributed by atoms with Crippen molar-refractivity contribution in [1.82, 2.24) is 4.90 Å². The monoisotopic (exact) mass is 485 g/mol. The van der Waals surface area contributed by atoms with Crippen molar-refractivity contribution in [1.29, 1.82) is 0 Å². The van der Waals surface area contributed by atoms with Crippen molar-refractivity contribution in [3.8, 4) is 0 Å². The number of halogens is 3. The van der Waals surface area contributed by atoms with Crippen molar-refractivity contribution in [2.45, 2.75) is 31.1 Å². The molecule has 0 saturated carbocycles. The first-order valence-corrected chi connectivity index (χ1v) is 11.2. The standard InChI is InChI=1S/C16H17Cl2N3O4S2.ClH/c1-2-4-12-14(26-16-19-5-3-6-21(12)16)15(22)20-11-7-10(18)13(8-9(11)17)27(23,24)25;/h7-8H,2-6H2,1H3,(H,20,22)(H,23,24,25);1H. The van der Waals surface area contributed by atoms with Crippen LogP contribution in [0, 0.1) is 0 Å². The fraction of sp³-hybridized carbons (Fsp3) is 0.375. The third-order valence-corrected chi connectivity index (χ3v) is 6.83. The predicted octanol–water partition coefficient (Wildman–Crippen LogP) is 4.42. The molecule has 0 fully saturated rings. The molecule has 0 aromatic heterocycles. The molecule has 1 aromatic carbocycles. The number of nitrogens with one attached hydrogen (secondary N) is 1. The highest BCUT2D eigenvalue weighted by Crippen LogP contribution is 2.39. The highest BCUT2D eigenvalue weighted by molar-refractivity contribution is 8.18. The number of thioether (sulfide) groups is 1. The molecule has 28 heavy (non-hydrogen) atoms. The number of amidine groups is 1. The van der Waals surface area contributed by atoms with Crippen LogP contribution in [-0.2, 0) is 14.9 Å². The van der Waals surface area contributed by atoms with Crippen LogP contribution in [-0.4, -0.2) is 42.0 Å². The number of hydrogen-bond acceptors (Lipinski definition) is 6. The molecule has 2 N–H and O–H groups in total. The largest absolute Gasteiger partial charge is 0.323 e. The van der Waals surface area contributed by atoms with E-state index in [1.165, 1.54) is 17.8 Å². The van der Waals surface area contributed by atoms with Gasteiger partial charge in [0, 0.05) is 18.8 Å². The molecule has 2 aliphatic rings. The van der Waals surface area contributed by atoms with E-state index in [9.17, 15) is 13.2 Å². The SMILES string of the molecule is CCCC1=C(C(=O)Nc2cc(Cl)c(S(=O)(=O)O)cc2Cl)SC2=NCCCN21.Cl. The molecule has 1 aromatic rings. The van der Waals surface area contributed by atoms with Crippen LogP contribution >= 0.6 is 47.4 Å². The van der Waals surface area contributed by atoms with Crippen LogP contribution in [0.15, 0.2) is 32.6 Å². The topological polar surface area (TPSA) is 99.1 Å². The van der Waals surface area contributed by atoms with Gasteiger partial charge in [0.15, 0.2) is 5.17 Å². The maximum atomic E-state index is 12.8. The normalized spacial score (nSPS) is 16.4. The number of fused-ring (bicyclic) bond motifs is 1. The Morgan fingerprint density at radius 1 is 1.36 bits per heavy atom. The molecule has 0 bridgehead atoms. The molecule has 3 rings (SSSR count). The molecule has 2 heterocycles. The number of anilines is 1. The minimum atomic E-state index is -4.51. The van der Waals surface area contributed by atoms with Crippen LogP contribution in [0.25, 0.3) is 0 Å². The summed E-state index contributed by atoms with van der Waals surface area (Å²) >= 11 is 13.3. The molecule has 2 aliphatic heterocycles. The fourth-order valence-corrected chi connectivity index (χ4v) is 5.29. The van der Waals surface area contributed by atoms with Gasteiger partial charge in [-0.05, 0) is 36.7 Å². The van der Waals surface area contributed by atoms with Crippen LogP contribution in [0.2, 0.25) is 10.0 Å². The molecule has 0 saturated heterocycles. The molecule has 0 unspecified atom stereocenters. The molecule has 0 spiro atoms. The second-order valence-corrected chi connectivity index (χ2v) is 9.17. The molecule has 7 nitrogen and oxygen atoms in total. The summed E-state index contributed by atoms with van der Waals surface area (Å²) in [7, 11) is -4.51. The van der Waals surface area contributed by atoms with Gasteiger partial charge in [-0.25, -0.2) is 0 Å². The summed E-state index contributed by atoms with van der Waals surface area (Å²) in [4.78, 5) is 19.4. The summed E-state index contributed by atoms with van der Waals surface area (Å²) < 4.78 is 31.8. The summed E-state index contributed by atoms with van der Waals surface area (Å²) in [5.41, 5.74) is 1.09. The molecule has 0 aliphatic carbocycles. The van der Waals surface area contributed by atoms with E-state index in [4.69, 9.17) is 27.8 Å². The number of nitrogens with zero attached hydrogens (tertiary/aromatic N) is 2. The molecule has 154 valence electrons. The number of carbonyl (C=O) groups is 1. The number of allylic oxidation sites excluding steroid dienone is 1. The van der Waals surface area contributed by atoms with Gasteiger partial charge in [0.2, 0.25) is 0 Å². The Hall–Kier alpha value is -0.970. The Morgan fingerprint density at radius 2 is 2.07 bits per heavy atom. The van der Waals surface area contributed by atoms with Crippen LogP contribution in [0.5, 0.6) is 0 Å². The van der Waals surface area contributed by atoms with Crippen molar-refractivity contribution in [2.75, 3.05) is 18.4 Å². The molecule has 1 amide bonds. The number of carbonyl (C=O) groups excluding carboxylic acids is 1. The zero-order valence-electron chi connectivity index (χ0n) is 14.7. The minimum Gasteiger partial charge on any atom is -0.323 e. The van der Waals surface area contributed by atoms with Crippen molar-refractivity contribution in [3.05, 3.63) is 32.8 Å². The lowest BCUT2D eigenvalue weighted by atomic mass is 10.2. The average molecular weight is 487 g/mol. The van der Waals surface area contributed by atoms with Crippen molar-refractivity contribution in [3.63, 3.8) is 0 Å². The van der Waals surface area contributed by atoms with E-state index in [1.54, 1.807) is 0 Å². The zero-order chi connectivity index (χ0) is 19.8. The van der Waals surface area contributed by atoms with Crippen molar-refractivity contribution >= 4 is 74.3 Å². The van der Waals surface area contributed by atoms with Crippen LogP contribution in [0.4, 0.5) is 5.69 Å². The maximum Gasteiger partial charge on any atom is 0.296 e. The Balaban J connectivity index is 0.00000280. The first kappa shape index (κ1) is 23.3. The van der Waals surface area contributed by atoms with Gasteiger partial charge in [-0.1, -0.05) is 36.5 Å². The Morgan fingerprint density at radius 3 is 2.71 bits per heavy atom. The molecular formula is C16H18Cl3N3O4S2. The summed E-state index contributed by atoms with van der Waals surface area (Å²) in [5, 5.41) is 3.22. The van der Waals surface area contributed by atoms with Gasteiger partial charge in [0.1, 0.15) is 4.90 Å². The van der Waals surface area contributed by atoms with E-state index < -0.39 is 15.0 Å². The summed E-state index contributed by atoms with van der Waals surface area (Å²) in [5.74, 6) is -0.363. The number of hydrogen-bond donors (Lipinski definition) is 2. The van der Waals surface area contributed by atoms with E-state index in [-0.39, 0.29) is 34.0 Å². The quantitative estimate of drug-likeness (QED) is 0.598. The van der Waals surface area contributed by atoms with Gasteiger partial charge in [0.05, 0.1) is 20.6 Å². The van der Waals surface area contributed by atoms with Gasteiger partial charge in [-0.15, -0.1) is 12.4 Å². The predicted molar refractivity (Wildman–Crippen MR) is 115 cm³/mol. The van der Waals surface area contributed by atoms with Gasteiger partial charge >= 0.3 is 0 Å². The number of benzene rings is 1. The number of aliphatic imine (C=N–C) groups is 1.